The Morgan fingerprint density at radius 3 is 0.805 bits per heavy atom. The quantitative estimate of drug-likeness (QED) is 0.238. The van der Waals surface area contributed by atoms with Crippen molar-refractivity contribution < 1.29 is 0 Å². The van der Waals surface area contributed by atoms with E-state index < -0.39 is 0 Å². The topological polar surface area (TPSA) is 0 Å². The van der Waals surface area contributed by atoms with E-state index >= 15 is 0 Å². The second kappa shape index (κ2) is 38.5. The number of rotatable bonds is 7. The summed E-state index contributed by atoms with van der Waals surface area (Å²) in [5, 5.41) is 0. The molecule has 0 amide bonds. The van der Waals surface area contributed by atoms with Gasteiger partial charge in [-0.1, -0.05) is 282 Å². The van der Waals surface area contributed by atoms with Crippen molar-refractivity contribution in [2.45, 2.75) is 397 Å². The van der Waals surface area contributed by atoms with Crippen LogP contribution in [0.2, 0.25) is 0 Å². The van der Waals surface area contributed by atoms with Crippen molar-refractivity contribution in [2.75, 3.05) is 0 Å². The second-order valence-corrected chi connectivity index (χ2v) is 40.6. The first-order valence-electron chi connectivity index (χ1n) is 39.4. The standard InChI is InChI=1S/3C8H18.2C7H12.7C7H14/c1-7(2,3)8(4,5)6;1-6-7(2)8(3,4)5;1-6(2)8(5)7(3)4;1-7(4-5-7)6-2-3-6;1-5-4-7(5)6-2-3-6;2*1-6-4-7(2,3)5-6;1-6-4-5-7(6,2)3;2*1-5-4-6(2)7(5)3;1-3-7-4-6(2)5-7;1-3-7-5-4-6(7)2/h1-6H3;7H,6H2,1-5H3;6-8H,1-5H3;6H,2-5H2,1H3;5-7H,2-4H2,1H3;3*6H,4-5H2,1-3H3;2*5-7H,4H2,1-3H3;2*6-7H,3-5H2,1-2H3/t;;;;5-,7?;;;;5-,6?,7?;;;/m....0...0.../s1. The Morgan fingerprint density at radius 2 is 0.770 bits per heavy atom. The fourth-order valence-electron chi connectivity index (χ4n) is 14.5. The van der Waals surface area contributed by atoms with Gasteiger partial charge in [-0.2, -0.15) is 0 Å². The molecular formula is C87H176. The molecule has 11 saturated carbocycles. The minimum Gasteiger partial charge on any atom is -0.0651 e. The van der Waals surface area contributed by atoms with Gasteiger partial charge in [0.25, 0.3) is 0 Å². The smallest absolute Gasteiger partial charge is 0.0297 e. The van der Waals surface area contributed by atoms with E-state index in [4.69, 9.17) is 0 Å². The molecular weight excluding hydrogens is 1040 g/mol. The van der Waals surface area contributed by atoms with Crippen LogP contribution in [0.3, 0.4) is 0 Å². The summed E-state index contributed by atoms with van der Waals surface area (Å²) in [5.41, 5.74) is 4.31. The van der Waals surface area contributed by atoms with Crippen LogP contribution >= 0.6 is 0 Å². The van der Waals surface area contributed by atoms with Gasteiger partial charge in [-0.15, -0.1) is 0 Å². The monoisotopic (exact) mass is 1220 g/mol. The van der Waals surface area contributed by atoms with E-state index in [9.17, 15) is 0 Å². The Hall–Kier alpha value is 0. The summed E-state index contributed by atoms with van der Waals surface area (Å²) >= 11 is 0. The molecule has 0 nitrogen and oxygen atoms in total. The Morgan fingerprint density at radius 1 is 0.402 bits per heavy atom. The van der Waals surface area contributed by atoms with Crippen LogP contribution in [0.1, 0.15) is 397 Å². The Labute approximate surface area is 556 Å². The van der Waals surface area contributed by atoms with Crippen molar-refractivity contribution in [3.8, 4) is 0 Å². The summed E-state index contributed by atoms with van der Waals surface area (Å²) < 4.78 is 0. The third-order valence-electron chi connectivity index (χ3n) is 27.1. The molecule has 11 aliphatic carbocycles. The highest BCUT2D eigenvalue weighted by molar-refractivity contribution is 5.00. The summed E-state index contributed by atoms with van der Waals surface area (Å²) in [6.45, 7) is 85.7. The molecule has 0 N–H and O–H groups in total. The van der Waals surface area contributed by atoms with Gasteiger partial charge in [-0.25, -0.2) is 0 Å². The van der Waals surface area contributed by atoms with Crippen molar-refractivity contribution in [3.05, 3.63) is 0 Å². The molecule has 0 heterocycles. The first-order chi connectivity index (χ1) is 39.4. The van der Waals surface area contributed by atoms with Crippen LogP contribution in [-0.4, -0.2) is 0 Å². The molecule has 0 bridgehead atoms. The van der Waals surface area contributed by atoms with E-state index in [0.29, 0.717) is 32.5 Å². The molecule has 0 heteroatoms. The molecule has 0 saturated heterocycles. The lowest BCUT2D eigenvalue weighted by molar-refractivity contribution is 0.0892. The molecule has 0 aromatic rings. The molecule has 524 valence electrons. The SMILES string of the molecule is CC(C)(C)C(C)(C)C.CC(C)C(C)C(C)C.CC1(C2CC2)CC1.CC1CC(C)(C)C1.CC1CC(C)(C)C1.CC1CC(C)C1C.CC1CCC1(C)C.CC1C[C@H](C)C1C.CCC(C)C(C)(C)C.CCC1CC(C)C1.CCC1CCC1C.C[C@H]1CC1C1CC1. The maximum Gasteiger partial charge on any atom is -0.0297 e. The van der Waals surface area contributed by atoms with Crippen molar-refractivity contribution in [2.24, 2.45) is 162 Å². The van der Waals surface area contributed by atoms with Gasteiger partial charge in [0.15, 0.2) is 0 Å². The maximum atomic E-state index is 2.44. The average Bonchev–Trinajstić information content (AvgIpc) is 1.92. The average molecular weight is 1220 g/mol. The third kappa shape index (κ3) is 36.5. The first-order valence-corrected chi connectivity index (χ1v) is 39.4. The van der Waals surface area contributed by atoms with E-state index in [0.717, 1.165) is 118 Å². The lowest BCUT2D eigenvalue weighted by Crippen LogP contribution is -2.31. The van der Waals surface area contributed by atoms with E-state index in [1.54, 1.807) is 19.3 Å². The van der Waals surface area contributed by atoms with E-state index in [-0.39, 0.29) is 0 Å². The minimum atomic E-state index is 0.437. The predicted molar refractivity (Wildman–Crippen MR) is 402 cm³/mol. The van der Waals surface area contributed by atoms with Gasteiger partial charge in [0.05, 0.1) is 0 Å². The highest BCUT2D eigenvalue weighted by Gasteiger charge is 2.49. The van der Waals surface area contributed by atoms with Crippen LogP contribution in [0.4, 0.5) is 0 Å². The second-order valence-electron chi connectivity index (χ2n) is 40.6. The molecule has 0 spiro atoms. The summed E-state index contributed by atoms with van der Waals surface area (Å²) in [4.78, 5) is 0. The zero-order valence-electron chi connectivity index (χ0n) is 68.2. The van der Waals surface area contributed by atoms with Gasteiger partial charge in [0, 0.05) is 0 Å². The molecule has 11 fully saturated rings. The fraction of sp³-hybridized carbons (Fsp3) is 1.00. The molecule has 9 unspecified atom stereocenters. The molecule has 11 aliphatic rings. The van der Waals surface area contributed by atoms with Crippen LogP contribution in [0.5, 0.6) is 0 Å². The van der Waals surface area contributed by atoms with Gasteiger partial charge < -0.3 is 0 Å². The Kier molecular flexibility index (Phi) is 38.5. The summed E-state index contributed by atoms with van der Waals surface area (Å²) in [7, 11) is 0. The van der Waals surface area contributed by atoms with Crippen molar-refractivity contribution in [3.63, 3.8) is 0 Å². The Bertz CT molecular complexity index is 1610. The molecule has 0 aromatic heterocycles. The van der Waals surface area contributed by atoms with Gasteiger partial charge >= 0.3 is 0 Å². The number of hydrogen-bond donors (Lipinski definition) is 0. The van der Waals surface area contributed by atoms with Gasteiger partial charge in [-0.05, 0) is 278 Å². The van der Waals surface area contributed by atoms with E-state index in [1.807, 2.05) is 0 Å². The maximum absolute atomic E-state index is 2.44. The molecule has 11 rings (SSSR count). The molecule has 11 atom stereocenters. The predicted octanol–water partition coefficient (Wildman–Crippen LogP) is 30.1. The van der Waals surface area contributed by atoms with Crippen LogP contribution in [0.15, 0.2) is 0 Å². The fourth-order valence-corrected chi connectivity index (χ4v) is 14.5. The minimum absolute atomic E-state index is 0.437. The van der Waals surface area contributed by atoms with Crippen molar-refractivity contribution in [1.82, 2.24) is 0 Å². The largest absolute Gasteiger partial charge is 0.0651 e. The van der Waals surface area contributed by atoms with Crippen molar-refractivity contribution in [1.29, 1.82) is 0 Å². The van der Waals surface area contributed by atoms with Gasteiger partial charge in [-0.3, -0.25) is 0 Å². The van der Waals surface area contributed by atoms with Crippen LogP contribution < -0.4 is 0 Å². The van der Waals surface area contributed by atoms with E-state index in [1.165, 1.54) is 134 Å². The summed E-state index contributed by atoms with van der Waals surface area (Å²) in [5.74, 6) is 21.3. The normalized spacial score (nSPS) is 33.2. The third-order valence-corrected chi connectivity index (χ3v) is 27.1. The zero-order valence-corrected chi connectivity index (χ0v) is 68.2. The van der Waals surface area contributed by atoms with Crippen molar-refractivity contribution >= 4 is 0 Å². The zero-order chi connectivity index (χ0) is 68.2. The molecule has 0 aromatic carbocycles. The molecule has 0 radical (unpaired) electrons. The Balaban J connectivity index is 0.000000927. The lowest BCUT2D eigenvalue weighted by Gasteiger charge is -2.42. The van der Waals surface area contributed by atoms with Gasteiger partial charge in [0.2, 0.25) is 0 Å². The highest BCUT2D eigenvalue weighted by Crippen LogP contribution is 2.61. The summed E-state index contributed by atoms with van der Waals surface area (Å²) in [6, 6.07) is 0. The van der Waals surface area contributed by atoms with Gasteiger partial charge in [0.1, 0.15) is 0 Å². The number of hydrogen-bond acceptors (Lipinski definition) is 0. The van der Waals surface area contributed by atoms with Crippen LogP contribution in [-0.2, 0) is 0 Å². The van der Waals surface area contributed by atoms with Crippen LogP contribution in [0, 0.1) is 162 Å². The lowest BCUT2D eigenvalue weighted by atomic mass is 9.64. The highest BCUT2D eigenvalue weighted by atomic mass is 14.5. The van der Waals surface area contributed by atoms with E-state index in [2.05, 4.69) is 256 Å². The first kappa shape index (κ1) is 87.0. The summed E-state index contributed by atoms with van der Waals surface area (Å²) in [6.07, 6.45) is 32.4. The van der Waals surface area contributed by atoms with Crippen LogP contribution in [0.25, 0.3) is 0 Å². The molecule has 87 heavy (non-hydrogen) atoms. The molecule has 0 aliphatic heterocycles.